The molecule has 0 radical (unpaired) electrons. The predicted molar refractivity (Wildman–Crippen MR) is 107 cm³/mol. The maximum Gasteiger partial charge on any atom is 0.193 e. The van der Waals surface area contributed by atoms with Crippen LogP contribution in [-0.4, -0.2) is 38.7 Å². The quantitative estimate of drug-likeness (QED) is 0.528. The lowest BCUT2D eigenvalue weighted by molar-refractivity contribution is -0.176. The lowest BCUT2D eigenvalue weighted by Gasteiger charge is -2.42. The van der Waals surface area contributed by atoms with E-state index in [0.717, 1.165) is 11.8 Å². The summed E-state index contributed by atoms with van der Waals surface area (Å²) in [6.45, 7) is 14.7. The van der Waals surface area contributed by atoms with Crippen LogP contribution in [0.3, 0.4) is 0 Å². The molecule has 1 aromatic carbocycles. The molecule has 5 heteroatoms. The molecule has 1 aliphatic rings. The normalized spacial score (nSPS) is 24.7. The lowest BCUT2D eigenvalue weighted by atomic mass is 9.98. The first-order chi connectivity index (χ1) is 11.9. The van der Waals surface area contributed by atoms with E-state index in [1.165, 1.54) is 0 Å². The molecule has 0 aliphatic carbocycles. The van der Waals surface area contributed by atoms with E-state index in [2.05, 4.69) is 33.9 Å². The highest BCUT2D eigenvalue weighted by atomic mass is 28.4. The molecule has 1 heterocycles. The zero-order valence-electron chi connectivity index (χ0n) is 17.0. The largest absolute Gasteiger partial charge is 0.407 e. The molecule has 0 N–H and O–H groups in total. The molecule has 4 nitrogen and oxygen atoms in total. The lowest BCUT2D eigenvalue weighted by Crippen LogP contribution is -2.54. The highest BCUT2D eigenvalue weighted by Crippen LogP contribution is 2.41. The topological polar surface area (TPSA) is 44.8 Å². The third-order valence-corrected chi connectivity index (χ3v) is 9.71. The Balaban J connectivity index is 2.38. The summed E-state index contributed by atoms with van der Waals surface area (Å²) in [6.07, 6.45) is 4.25. The van der Waals surface area contributed by atoms with E-state index in [-0.39, 0.29) is 11.6 Å². The fraction of sp³-hybridized carbons (Fsp3) is 0.571. The van der Waals surface area contributed by atoms with Crippen LogP contribution >= 0.6 is 0 Å². The number of benzene rings is 1. The second kappa shape index (κ2) is 7.39. The Bertz CT molecular complexity index is 646. The zero-order valence-corrected chi connectivity index (χ0v) is 18.0. The van der Waals surface area contributed by atoms with E-state index in [4.69, 9.17) is 13.9 Å². The van der Waals surface area contributed by atoms with Gasteiger partial charge in [-0.1, -0.05) is 63.3 Å². The van der Waals surface area contributed by atoms with E-state index in [1.807, 2.05) is 56.3 Å². The summed E-state index contributed by atoms with van der Waals surface area (Å²) in [4.78, 5) is 12.1. The van der Waals surface area contributed by atoms with Crippen LogP contribution in [-0.2, 0) is 18.7 Å². The third kappa shape index (κ3) is 4.71. The van der Waals surface area contributed by atoms with Crippen molar-refractivity contribution in [3.05, 3.63) is 42.0 Å². The van der Waals surface area contributed by atoms with Crippen molar-refractivity contribution in [3.8, 4) is 0 Å². The van der Waals surface area contributed by atoms with Crippen LogP contribution in [0.2, 0.25) is 18.1 Å². The minimum atomic E-state index is -2.13. The van der Waals surface area contributed by atoms with Crippen LogP contribution in [0.4, 0.5) is 0 Å². The molecule has 0 unspecified atom stereocenters. The van der Waals surface area contributed by atoms with Gasteiger partial charge in [0.1, 0.15) is 6.10 Å². The van der Waals surface area contributed by atoms with E-state index < -0.39 is 25.8 Å². The Morgan fingerprint density at radius 3 is 2.27 bits per heavy atom. The summed E-state index contributed by atoms with van der Waals surface area (Å²) in [7, 11) is -2.13. The molecule has 1 saturated heterocycles. The van der Waals surface area contributed by atoms with Gasteiger partial charge in [0.25, 0.3) is 0 Å². The van der Waals surface area contributed by atoms with E-state index in [0.29, 0.717) is 0 Å². The van der Waals surface area contributed by atoms with Crippen molar-refractivity contribution in [2.45, 2.75) is 70.2 Å². The average Bonchev–Trinajstić information content (AvgIpc) is 2.87. The standard InChI is InChI=1S/C21H32O4Si/c1-19(2,3)26(6,7)24-18(14-13-17-11-9-8-10-12-17)21(15-22)16-23-20(4,5)25-21/h8-15,18H,16H2,1-7H3/b14-13+/t18-,21+/m0/s1. The van der Waals surface area contributed by atoms with Crippen molar-refractivity contribution in [2.75, 3.05) is 6.61 Å². The van der Waals surface area contributed by atoms with Crippen LogP contribution in [0.1, 0.15) is 40.2 Å². The van der Waals surface area contributed by atoms with Crippen LogP contribution < -0.4 is 0 Å². The predicted octanol–water partition coefficient (Wildman–Crippen LogP) is 4.81. The van der Waals surface area contributed by atoms with E-state index in [1.54, 1.807) is 0 Å². The Kier molecular flexibility index (Phi) is 5.98. The molecule has 2 rings (SSSR count). The molecule has 1 fully saturated rings. The van der Waals surface area contributed by atoms with Gasteiger partial charge < -0.3 is 13.9 Å². The molecule has 26 heavy (non-hydrogen) atoms. The van der Waals surface area contributed by atoms with Gasteiger partial charge in [-0.3, -0.25) is 4.79 Å². The van der Waals surface area contributed by atoms with Crippen molar-refractivity contribution < 1.29 is 18.7 Å². The number of hydrogen-bond donors (Lipinski definition) is 0. The molecular weight excluding hydrogens is 344 g/mol. The van der Waals surface area contributed by atoms with Crippen LogP contribution in [0.5, 0.6) is 0 Å². The average molecular weight is 377 g/mol. The fourth-order valence-corrected chi connectivity index (χ4v) is 3.89. The molecule has 0 bridgehead atoms. The molecule has 1 aliphatic heterocycles. The van der Waals surface area contributed by atoms with Crippen molar-refractivity contribution in [1.29, 1.82) is 0 Å². The first-order valence-corrected chi connectivity index (χ1v) is 12.0. The van der Waals surface area contributed by atoms with Gasteiger partial charge in [-0.25, -0.2) is 0 Å². The number of rotatable bonds is 6. The number of hydrogen-bond acceptors (Lipinski definition) is 4. The highest BCUT2D eigenvalue weighted by Gasteiger charge is 2.53. The summed E-state index contributed by atoms with van der Waals surface area (Å²) < 4.78 is 18.4. The van der Waals surface area contributed by atoms with Crippen LogP contribution in [0.25, 0.3) is 6.08 Å². The molecule has 0 saturated carbocycles. The smallest absolute Gasteiger partial charge is 0.193 e. The summed E-state index contributed by atoms with van der Waals surface area (Å²) in [5.41, 5.74) is -0.0832. The molecule has 0 spiro atoms. The molecule has 1 aromatic rings. The van der Waals surface area contributed by atoms with Gasteiger partial charge in [0, 0.05) is 0 Å². The van der Waals surface area contributed by atoms with Gasteiger partial charge in [-0.05, 0) is 37.5 Å². The van der Waals surface area contributed by atoms with Crippen molar-refractivity contribution in [1.82, 2.24) is 0 Å². The number of aldehydes is 1. The number of carbonyl (C=O) groups excluding carboxylic acids is 1. The second-order valence-corrected chi connectivity index (χ2v) is 13.7. The van der Waals surface area contributed by atoms with Gasteiger partial charge in [0.2, 0.25) is 0 Å². The Labute approximate surface area is 158 Å². The zero-order chi connectivity index (χ0) is 19.6. The van der Waals surface area contributed by atoms with Gasteiger partial charge in [0.15, 0.2) is 26.0 Å². The summed E-state index contributed by atoms with van der Waals surface area (Å²) in [5.74, 6) is -0.809. The van der Waals surface area contributed by atoms with Crippen molar-refractivity contribution in [3.63, 3.8) is 0 Å². The van der Waals surface area contributed by atoms with Gasteiger partial charge in [0.05, 0.1) is 6.61 Å². The Morgan fingerprint density at radius 1 is 1.19 bits per heavy atom. The minimum absolute atomic E-state index is 0.0187. The van der Waals surface area contributed by atoms with Crippen molar-refractivity contribution in [2.24, 2.45) is 0 Å². The van der Waals surface area contributed by atoms with Gasteiger partial charge in [-0.15, -0.1) is 0 Å². The fourth-order valence-electron chi connectivity index (χ4n) is 2.63. The third-order valence-electron chi connectivity index (χ3n) is 5.25. The maximum atomic E-state index is 12.1. The van der Waals surface area contributed by atoms with Crippen LogP contribution in [0, 0.1) is 0 Å². The molecule has 0 amide bonds. The van der Waals surface area contributed by atoms with Crippen molar-refractivity contribution >= 4 is 20.7 Å². The maximum absolute atomic E-state index is 12.1. The van der Waals surface area contributed by atoms with Gasteiger partial charge in [-0.2, -0.15) is 0 Å². The minimum Gasteiger partial charge on any atom is -0.407 e. The van der Waals surface area contributed by atoms with E-state index >= 15 is 0 Å². The van der Waals surface area contributed by atoms with Gasteiger partial charge >= 0.3 is 0 Å². The Morgan fingerprint density at radius 2 is 1.81 bits per heavy atom. The van der Waals surface area contributed by atoms with Crippen LogP contribution in [0.15, 0.2) is 36.4 Å². The molecular formula is C21H32O4Si. The second-order valence-electron chi connectivity index (χ2n) is 8.93. The Hall–Kier alpha value is -1.27. The first kappa shape index (κ1) is 21.0. The van der Waals surface area contributed by atoms with E-state index in [9.17, 15) is 4.79 Å². The first-order valence-electron chi connectivity index (χ1n) is 9.12. The summed E-state index contributed by atoms with van der Waals surface area (Å²) in [5, 5.41) is 0.0187. The molecule has 0 aromatic heterocycles. The summed E-state index contributed by atoms with van der Waals surface area (Å²) >= 11 is 0. The highest BCUT2D eigenvalue weighted by molar-refractivity contribution is 6.74. The molecule has 144 valence electrons. The number of ether oxygens (including phenoxy) is 2. The number of carbonyl (C=O) groups is 1. The SMILES string of the molecule is CC1(C)OC[C@](C=O)([C@H](/C=C/c2ccccc2)O[Si](C)(C)C(C)(C)C)O1. The summed E-state index contributed by atoms with van der Waals surface area (Å²) in [6, 6.07) is 9.98. The molecule has 2 atom stereocenters. The monoisotopic (exact) mass is 376 g/mol.